The van der Waals surface area contributed by atoms with E-state index in [0.717, 1.165) is 5.56 Å². The maximum absolute atomic E-state index is 13.6. The zero-order chi connectivity index (χ0) is 14.7. The molecule has 3 N–H and O–H groups in total. The van der Waals surface area contributed by atoms with Crippen LogP contribution in [0.1, 0.15) is 24.1 Å². The van der Waals surface area contributed by atoms with Crippen LogP contribution in [0.5, 0.6) is 6.01 Å². The number of nitrogens with two attached hydrogens (primary N) is 1. The van der Waals surface area contributed by atoms with Crippen LogP contribution in [0.25, 0.3) is 0 Å². The van der Waals surface area contributed by atoms with Crippen molar-refractivity contribution < 1.29 is 9.13 Å². The van der Waals surface area contributed by atoms with Gasteiger partial charge >= 0.3 is 6.01 Å². The smallest absolute Gasteiger partial charge is 0.322 e. The fourth-order valence-corrected chi connectivity index (χ4v) is 1.68. The molecule has 6 nitrogen and oxygen atoms in total. The molecule has 1 aromatic carbocycles. The number of aromatic nitrogens is 3. The highest BCUT2D eigenvalue weighted by molar-refractivity contribution is 5.37. The lowest BCUT2D eigenvalue weighted by atomic mass is 10.1. The average molecular weight is 277 g/mol. The molecular weight excluding hydrogens is 261 g/mol. The fourth-order valence-electron chi connectivity index (χ4n) is 1.68. The quantitative estimate of drug-likeness (QED) is 0.890. The van der Waals surface area contributed by atoms with Gasteiger partial charge in [-0.3, -0.25) is 0 Å². The molecule has 1 aromatic heterocycles. The van der Waals surface area contributed by atoms with Gasteiger partial charge in [0.1, 0.15) is 5.82 Å². The Kier molecular flexibility index (Phi) is 3.97. The maximum atomic E-state index is 13.6. The van der Waals surface area contributed by atoms with Crippen LogP contribution in [0.2, 0.25) is 0 Å². The molecule has 0 radical (unpaired) electrons. The molecule has 0 aliphatic heterocycles. The number of anilines is 2. The van der Waals surface area contributed by atoms with Crippen LogP contribution in [0.3, 0.4) is 0 Å². The van der Waals surface area contributed by atoms with E-state index in [1.807, 2.05) is 13.0 Å². The Hall–Kier alpha value is -2.44. The molecule has 0 saturated heterocycles. The highest BCUT2D eigenvalue weighted by atomic mass is 19.1. The van der Waals surface area contributed by atoms with Crippen molar-refractivity contribution in [3.05, 3.63) is 35.1 Å². The minimum atomic E-state index is -0.246. The zero-order valence-electron chi connectivity index (χ0n) is 11.5. The van der Waals surface area contributed by atoms with Crippen molar-refractivity contribution in [3.8, 4) is 6.01 Å². The summed E-state index contributed by atoms with van der Waals surface area (Å²) in [5, 5.41) is 3.03. The number of nitrogens with zero attached hydrogens (tertiary/aromatic N) is 3. The lowest BCUT2D eigenvalue weighted by molar-refractivity contribution is 0.379. The van der Waals surface area contributed by atoms with Gasteiger partial charge in [-0.15, -0.1) is 0 Å². The van der Waals surface area contributed by atoms with Gasteiger partial charge in [-0.2, -0.15) is 15.0 Å². The first kappa shape index (κ1) is 14.0. The summed E-state index contributed by atoms with van der Waals surface area (Å²) in [5.41, 5.74) is 6.94. The third kappa shape index (κ3) is 3.11. The van der Waals surface area contributed by atoms with Crippen molar-refractivity contribution in [3.63, 3.8) is 0 Å². The number of halogens is 1. The molecule has 1 heterocycles. The first-order valence-electron chi connectivity index (χ1n) is 6.07. The maximum Gasteiger partial charge on any atom is 0.322 e. The van der Waals surface area contributed by atoms with Gasteiger partial charge in [-0.1, -0.05) is 12.1 Å². The number of ether oxygens (including phenoxy) is 1. The van der Waals surface area contributed by atoms with Crippen LogP contribution in [-0.4, -0.2) is 22.1 Å². The molecule has 2 aromatic rings. The Bertz CT molecular complexity index is 620. The van der Waals surface area contributed by atoms with Gasteiger partial charge in [-0.25, -0.2) is 4.39 Å². The zero-order valence-corrected chi connectivity index (χ0v) is 11.5. The minimum Gasteiger partial charge on any atom is -0.467 e. The normalized spacial score (nSPS) is 12.0. The van der Waals surface area contributed by atoms with E-state index in [9.17, 15) is 4.39 Å². The fraction of sp³-hybridized carbons (Fsp3) is 0.308. The Morgan fingerprint density at radius 1 is 1.30 bits per heavy atom. The van der Waals surface area contributed by atoms with E-state index in [0.29, 0.717) is 5.56 Å². The minimum absolute atomic E-state index is 0.0571. The third-order valence-corrected chi connectivity index (χ3v) is 2.86. The summed E-state index contributed by atoms with van der Waals surface area (Å²) in [6, 6.07) is 5.00. The molecule has 2 rings (SSSR count). The van der Waals surface area contributed by atoms with E-state index >= 15 is 0 Å². The van der Waals surface area contributed by atoms with Gasteiger partial charge in [-0.05, 0) is 31.0 Å². The molecule has 7 heteroatoms. The van der Waals surface area contributed by atoms with Crippen molar-refractivity contribution in [2.45, 2.75) is 19.9 Å². The molecule has 0 amide bonds. The number of methoxy groups -OCH3 is 1. The van der Waals surface area contributed by atoms with Gasteiger partial charge in [0.15, 0.2) is 0 Å². The molecule has 0 aliphatic rings. The second-order valence-electron chi connectivity index (χ2n) is 4.38. The third-order valence-electron chi connectivity index (χ3n) is 2.86. The SMILES string of the molecule is COc1nc(N)nc(NC(C)c2ccc(C)c(F)c2)n1. The summed E-state index contributed by atoms with van der Waals surface area (Å²) in [6.45, 7) is 3.59. The monoisotopic (exact) mass is 277 g/mol. The van der Waals surface area contributed by atoms with Gasteiger partial charge < -0.3 is 15.8 Å². The van der Waals surface area contributed by atoms with Crippen LogP contribution < -0.4 is 15.8 Å². The topological polar surface area (TPSA) is 86.0 Å². The van der Waals surface area contributed by atoms with Gasteiger partial charge in [0.05, 0.1) is 13.2 Å². The average Bonchev–Trinajstić information content (AvgIpc) is 2.41. The lowest BCUT2D eigenvalue weighted by Crippen LogP contribution is -2.12. The highest BCUT2D eigenvalue weighted by Crippen LogP contribution is 2.20. The summed E-state index contributed by atoms with van der Waals surface area (Å²) >= 11 is 0. The summed E-state index contributed by atoms with van der Waals surface area (Å²) in [4.78, 5) is 11.8. The molecule has 1 unspecified atom stereocenters. The number of hydrogen-bond acceptors (Lipinski definition) is 6. The lowest BCUT2D eigenvalue weighted by Gasteiger charge is -2.15. The Morgan fingerprint density at radius 3 is 2.70 bits per heavy atom. The van der Waals surface area contributed by atoms with E-state index in [1.165, 1.54) is 13.2 Å². The van der Waals surface area contributed by atoms with E-state index < -0.39 is 0 Å². The second kappa shape index (κ2) is 5.68. The predicted octanol–water partition coefficient (Wildman–Crippen LogP) is 2.08. The van der Waals surface area contributed by atoms with Crippen molar-refractivity contribution in [2.75, 3.05) is 18.2 Å². The summed E-state index contributed by atoms with van der Waals surface area (Å²) in [6.07, 6.45) is 0. The van der Waals surface area contributed by atoms with E-state index in [4.69, 9.17) is 10.5 Å². The molecule has 0 fully saturated rings. The predicted molar refractivity (Wildman–Crippen MR) is 74.0 cm³/mol. The van der Waals surface area contributed by atoms with Crippen LogP contribution in [0, 0.1) is 12.7 Å². The standard InChI is InChI=1S/C13H16FN5O/c1-7-4-5-9(6-10(7)14)8(2)16-12-17-11(15)18-13(19-12)20-3/h4-6,8H,1-3H3,(H3,15,16,17,18,19). The molecule has 0 spiro atoms. The Balaban J connectivity index is 2.20. The first-order valence-corrected chi connectivity index (χ1v) is 6.07. The van der Waals surface area contributed by atoms with Crippen LogP contribution in [0.15, 0.2) is 18.2 Å². The first-order chi connectivity index (χ1) is 9.49. The summed E-state index contributed by atoms with van der Waals surface area (Å²) < 4.78 is 18.5. The second-order valence-corrected chi connectivity index (χ2v) is 4.38. The van der Waals surface area contributed by atoms with Gasteiger partial charge in [0.25, 0.3) is 0 Å². The van der Waals surface area contributed by atoms with Gasteiger partial charge in [0, 0.05) is 0 Å². The number of hydrogen-bond donors (Lipinski definition) is 2. The van der Waals surface area contributed by atoms with Crippen LogP contribution in [-0.2, 0) is 0 Å². The van der Waals surface area contributed by atoms with Crippen LogP contribution in [0.4, 0.5) is 16.3 Å². The summed E-state index contributed by atoms with van der Waals surface area (Å²) in [7, 11) is 1.44. The number of nitrogens with one attached hydrogen (secondary N) is 1. The van der Waals surface area contributed by atoms with Crippen molar-refractivity contribution in [1.29, 1.82) is 0 Å². The van der Waals surface area contributed by atoms with Crippen molar-refractivity contribution in [1.82, 2.24) is 15.0 Å². The molecule has 0 bridgehead atoms. The van der Waals surface area contributed by atoms with Crippen LogP contribution >= 0.6 is 0 Å². The highest BCUT2D eigenvalue weighted by Gasteiger charge is 2.11. The number of rotatable bonds is 4. The van der Waals surface area contributed by atoms with E-state index in [-0.39, 0.29) is 29.8 Å². The number of benzene rings is 1. The molecule has 0 saturated carbocycles. The van der Waals surface area contributed by atoms with E-state index in [1.54, 1.807) is 13.0 Å². The Morgan fingerprint density at radius 2 is 2.05 bits per heavy atom. The Labute approximate surface area is 116 Å². The largest absolute Gasteiger partial charge is 0.467 e. The molecule has 0 aliphatic carbocycles. The molecule has 20 heavy (non-hydrogen) atoms. The molecule has 1 atom stereocenters. The number of nitrogen functional groups attached to an aromatic ring is 1. The summed E-state index contributed by atoms with van der Waals surface area (Å²) in [5.74, 6) is 0.0911. The van der Waals surface area contributed by atoms with Crippen molar-refractivity contribution >= 4 is 11.9 Å². The molecular formula is C13H16FN5O. The van der Waals surface area contributed by atoms with E-state index in [2.05, 4.69) is 20.3 Å². The molecule has 106 valence electrons. The van der Waals surface area contributed by atoms with Crippen molar-refractivity contribution in [2.24, 2.45) is 0 Å². The number of aryl methyl sites for hydroxylation is 1. The van der Waals surface area contributed by atoms with Gasteiger partial charge in [0.2, 0.25) is 11.9 Å².